The predicted molar refractivity (Wildman–Crippen MR) is 518 cm³/mol. The number of ether oxygens (including phenoxy) is 16. The Kier molecular flexibility index (Phi) is 57.9. The number of carboxylic acid groups (broad SMARTS) is 1. The highest BCUT2D eigenvalue weighted by Gasteiger charge is 2.63. The first-order valence-corrected chi connectivity index (χ1v) is 53.6. The SMILES string of the molecule is CCCCCCCCCCCCC/C=C/[C@@H](O)[C@H](CO[C@@H]1OC(CO)[C@@H](O[C@@H]2OC(CO)[C@H](O)[C@H](O[C@@H]3OC(CO)[C@@H](O[C@@H]4OC(CO[C@@H]5OC(CO)[C@@H](O)[C@H](O)C5NC(C)=O)[C@H](O)[C@H](O[C@H]5OC(CO)[C@@H](O[C@@H]6OC(CO)[C@H](O)[C@H](O[C@]7(C(=O)O)CC(O)[C@@H](NC(C)=O)C([C@H](O)[C@H](O)CO)O7)C6O)[C@H](O)C5NC(C)=O)C4O)[C@H](O)C3NC(C)=O)C2O)[C@H](O)C1O)NC(=O)CCCCCCCCCCCCCCCCCCCCC. The number of carbonyl (C=O) groups is 6. The van der Waals surface area contributed by atoms with Gasteiger partial charge in [0.05, 0.1) is 83.8 Å². The molecule has 5 amide bonds. The fraction of sp³-hybridized carbons (Fsp3) is 0.919. The number of rotatable bonds is 67. The van der Waals surface area contributed by atoms with Gasteiger partial charge in [-0.15, -0.1) is 0 Å². The average molecular weight is 2170 g/mol. The minimum atomic E-state index is -3.30. The Hall–Kier alpha value is -5.00. The van der Waals surface area contributed by atoms with E-state index >= 15 is 0 Å². The van der Waals surface area contributed by atoms with E-state index in [4.69, 9.17) is 75.8 Å². The Labute approximate surface area is 873 Å². The normalized spacial score (nSPS) is 37.3. The van der Waals surface area contributed by atoms with Gasteiger partial charge in [-0.25, -0.2) is 4.79 Å². The van der Waals surface area contributed by atoms with Gasteiger partial charge in [0.2, 0.25) is 29.5 Å². The van der Waals surface area contributed by atoms with Crippen LogP contribution in [0.4, 0.5) is 0 Å². The molecule has 0 aliphatic carbocycles. The predicted octanol–water partition coefficient (Wildman–Crippen LogP) is -5.72. The third kappa shape index (κ3) is 37.9. The summed E-state index contributed by atoms with van der Waals surface area (Å²) in [5.41, 5.74) is 0. The van der Waals surface area contributed by atoms with Crippen LogP contribution in [0.3, 0.4) is 0 Å². The highest BCUT2D eigenvalue weighted by atomic mass is 16.8. The van der Waals surface area contributed by atoms with Gasteiger partial charge in [0.1, 0.15) is 189 Å². The second kappa shape index (κ2) is 66.8. The summed E-state index contributed by atoms with van der Waals surface area (Å²) in [6.07, 6.45) is -40.4. The highest BCUT2D eigenvalue weighted by Crippen LogP contribution is 2.43. The van der Waals surface area contributed by atoms with Gasteiger partial charge in [0.25, 0.3) is 5.79 Å². The van der Waals surface area contributed by atoms with Gasteiger partial charge in [0.15, 0.2) is 44.0 Å². The molecule has 8 aliphatic rings. The summed E-state index contributed by atoms with van der Waals surface area (Å²) in [5.74, 6) is -9.52. The monoisotopic (exact) mass is 2170 g/mol. The van der Waals surface area contributed by atoms with Crippen molar-refractivity contribution in [2.24, 2.45) is 0 Å². The zero-order chi connectivity index (χ0) is 110. The van der Waals surface area contributed by atoms with Crippen LogP contribution in [-0.2, 0) is 105 Å². The molecule has 0 aromatic carbocycles. The van der Waals surface area contributed by atoms with Crippen molar-refractivity contribution in [3.05, 3.63) is 12.2 Å². The van der Waals surface area contributed by atoms with Gasteiger partial charge in [-0.3, -0.25) is 24.0 Å². The molecule has 8 heterocycles. The van der Waals surface area contributed by atoms with Crippen LogP contribution in [-0.4, -0.2) is 481 Å². The van der Waals surface area contributed by atoms with E-state index in [2.05, 4.69) is 40.4 Å². The third-order valence-electron chi connectivity index (χ3n) is 28.7. The smallest absolute Gasteiger partial charge is 0.364 e. The number of aliphatic hydroxyl groups is 23. The molecule has 8 rings (SSSR count). The lowest BCUT2D eigenvalue weighted by Crippen LogP contribution is -2.71. The van der Waals surface area contributed by atoms with Crippen molar-refractivity contribution >= 4 is 35.5 Å². The van der Waals surface area contributed by atoms with Gasteiger partial charge >= 0.3 is 5.97 Å². The quantitative estimate of drug-likeness (QED) is 0.0199. The van der Waals surface area contributed by atoms with Crippen LogP contribution < -0.4 is 26.6 Å². The first-order valence-electron chi connectivity index (χ1n) is 53.6. The van der Waals surface area contributed by atoms with Crippen molar-refractivity contribution in [2.75, 3.05) is 59.5 Å². The molecule has 0 radical (unpaired) electrons. The number of aliphatic carboxylic acids is 1. The Morgan fingerprint density at radius 2 is 0.693 bits per heavy atom. The number of hydrogen-bond donors (Lipinski definition) is 29. The molecule has 0 spiro atoms. The fourth-order valence-electron chi connectivity index (χ4n) is 20.2. The number of nitrogens with one attached hydrogen (secondary N) is 5. The molecule has 150 heavy (non-hydrogen) atoms. The lowest BCUT2D eigenvalue weighted by atomic mass is 9.88. The molecule has 0 aromatic rings. The Bertz CT molecular complexity index is 3850. The summed E-state index contributed by atoms with van der Waals surface area (Å²) >= 11 is 0. The Morgan fingerprint density at radius 3 is 1.10 bits per heavy atom. The zero-order valence-corrected chi connectivity index (χ0v) is 86.8. The zero-order valence-electron chi connectivity index (χ0n) is 86.8. The number of carbonyl (C=O) groups excluding carboxylic acids is 5. The molecule has 43 atom stereocenters. The van der Waals surface area contributed by atoms with Gasteiger partial charge in [-0.05, 0) is 19.3 Å². The average Bonchev–Trinajstić information content (AvgIpc) is 0.749. The summed E-state index contributed by atoms with van der Waals surface area (Å²) in [4.78, 5) is 78.6. The summed E-state index contributed by atoms with van der Waals surface area (Å²) in [6.45, 7) is -1.31. The van der Waals surface area contributed by atoms with Crippen molar-refractivity contribution in [2.45, 2.75) is 517 Å². The molecule has 8 fully saturated rings. The molecule has 16 unspecified atom stereocenters. The van der Waals surface area contributed by atoms with Crippen LogP contribution in [0.2, 0.25) is 0 Å². The minimum Gasteiger partial charge on any atom is -0.477 e. The molecule has 51 heteroatoms. The lowest BCUT2D eigenvalue weighted by molar-refractivity contribution is -0.393. The summed E-state index contributed by atoms with van der Waals surface area (Å²) in [5, 5.41) is 286. The van der Waals surface area contributed by atoms with E-state index < -0.39 is 359 Å². The molecular weight excluding hydrogens is 2000 g/mol. The third-order valence-corrected chi connectivity index (χ3v) is 28.7. The maximum absolute atomic E-state index is 13.7. The number of carboxylic acids is 1. The molecule has 51 nitrogen and oxygen atoms in total. The number of aliphatic hydroxyl groups excluding tert-OH is 23. The number of unbranched alkanes of at least 4 members (excludes halogenated alkanes) is 29. The molecule has 0 aromatic heterocycles. The number of hydrogen-bond acceptors (Lipinski definition) is 45. The second-order valence-electron chi connectivity index (χ2n) is 40.6. The number of allylic oxidation sites excluding steroid dienone is 1. The van der Waals surface area contributed by atoms with Crippen LogP contribution in [0, 0.1) is 0 Å². The van der Waals surface area contributed by atoms with Crippen molar-refractivity contribution in [3.63, 3.8) is 0 Å². The van der Waals surface area contributed by atoms with Crippen molar-refractivity contribution in [1.82, 2.24) is 26.6 Å². The van der Waals surface area contributed by atoms with Crippen LogP contribution in [0.25, 0.3) is 0 Å². The largest absolute Gasteiger partial charge is 0.477 e. The molecule has 29 N–H and O–H groups in total. The van der Waals surface area contributed by atoms with Gasteiger partial charge < -0.3 is 225 Å². The Morgan fingerprint density at radius 1 is 0.353 bits per heavy atom. The van der Waals surface area contributed by atoms with E-state index in [1.54, 1.807) is 6.08 Å². The first-order chi connectivity index (χ1) is 71.7. The topological polar surface area (TPSA) is 796 Å². The van der Waals surface area contributed by atoms with Crippen LogP contribution >= 0.6 is 0 Å². The lowest BCUT2D eigenvalue weighted by Gasteiger charge is -2.51. The van der Waals surface area contributed by atoms with E-state index in [1.165, 1.54) is 122 Å². The molecular formula is C99H175N5O46. The van der Waals surface area contributed by atoms with Gasteiger partial charge in [0, 0.05) is 40.5 Å². The molecule has 0 bridgehead atoms. The second-order valence-corrected chi connectivity index (χ2v) is 40.6. The maximum Gasteiger partial charge on any atom is 0.364 e. The van der Waals surface area contributed by atoms with Gasteiger partial charge in [-0.2, -0.15) is 0 Å². The van der Waals surface area contributed by atoms with E-state index in [0.717, 1.165) is 91.9 Å². The molecule has 8 saturated heterocycles. The van der Waals surface area contributed by atoms with E-state index in [-0.39, 0.29) is 12.3 Å². The molecule has 8 aliphatic heterocycles. The Balaban J connectivity index is 0.976. The fourth-order valence-corrected chi connectivity index (χ4v) is 20.2. The summed E-state index contributed by atoms with van der Waals surface area (Å²) in [7, 11) is 0. The van der Waals surface area contributed by atoms with Crippen molar-refractivity contribution in [3.8, 4) is 0 Å². The number of amides is 5. The van der Waals surface area contributed by atoms with E-state index in [0.29, 0.717) is 12.8 Å². The first kappa shape index (κ1) is 130. The van der Waals surface area contributed by atoms with Crippen LogP contribution in [0.5, 0.6) is 0 Å². The van der Waals surface area contributed by atoms with Crippen LogP contribution in [0.1, 0.15) is 253 Å². The maximum atomic E-state index is 13.7. The minimum absolute atomic E-state index is 0.132. The van der Waals surface area contributed by atoms with Crippen molar-refractivity contribution < 1.29 is 227 Å². The van der Waals surface area contributed by atoms with Gasteiger partial charge in [-0.1, -0.05) is 206 Å². The van der Waals surface area contributed by atoms with E-state index in [1.807, 2.05) is 6.08 Å². The summed E-state index contributed by atoms with van der Waals surface area (Å²) in [6, 6.07) is -8.66. The van der Waals surface area contributed by atoms with Crippen LogP contribution in [0.15, 0.2) is 12.2 Å². The highest BCUT2D eigenvalue weighted by molar-refractivity contribution is 5.77. The molecule has 0 saturated carbocycles. The van der Waals surface area contributed by atoms with Crippen molar-refractivity contribution in [1.29, 1.82) is 0 Å². The standard InChI is InChI=1S/C99H175N5O46/c1-7-9-11-13-15-17-19-21-22-23-24-25-26-28-30-32-34-36-38-40-66(119)104-55(56(116)39-37-35-33-31-29-27-20-18-16-14-12-10-8-2)49-135-94-80(129)79(128)86(64(48-111)142-94)146-95-81(130)88(73(122)60(44-107)138-95)147-92-69(102-53(5)114)77(126)84(62(46-109)140-92)144-96-82(131)89(75(124)65(143-96)50-136-91-68(101-52(4)113)76(125)72(121)59(43-106)137-91)148-93-70(103-54(6)115)78(127)85(63(47-110)141-93)145-97-83(132)90(74(123)61(45-108)139-97)150-99(98(133)134)41-57(117)67(100-51(3)112)87(149-99)71(120)58(118)42-105/h37,39,55-65,67-97,105-111,116-118,120-132H,7-36,38,40-50H2,1-6H3,(H,100,112)(H,101,113)(H,102,114)(H,103,115)(H,104,119)(H,133,134)/b39-37+/t55-,56+,57?,58+,59?,60?,61?,62?,63?,64?,65?,67+,68?,69?,70?,71+,72+,73-,74-,75-,76+,77+,78+,79+,80?,81?,82?,83?,84+,85+,86+,87?,88-,89-,90-,91+,92-,93+,94+,95-,96-,97-,99-/m0/s1. The van der Waals surface area contributed by atoms with E-state index in [9.17, 15) is 151 Å². The summed E-state index contributed by atoms with van der Waals surface area (Å²) < 4.78 is 96.1. The molecule has 872 valence electrons.